The van der Waals surface area contributed by atoms with Crippen LogP contribution < -0.4 is 5.73 Å². The van der Waals surface area contributed by atoms with E-state index in [4.69, 9.17) is 5.73 Å². The van der Waals surface area contributed by atoms with Crippen LogP contribution in [0.5, 0.6) is 0 Å². The molecule has 0 aromatic heterocycles. The number of carbonyl (C=O) groups is 1. The summed E-state index contributed by atoms with van der Waals surface area (Å²) in [5.74, 6) is 0.309. The number of nitrogens with two attached hydrogens (primary N) is 1. The van der Waals surface area contributed by atoms with Crippen LogP contribution in [-0.2, 0) is 4.79 Å². The first kappa shape index (κ1) is 12.1. The van der Waals surface area contributed by atoms with Gasteiger partial charge in [-0.05, 0) is 18.0 Å². The highest BCUT2D eigenvalue weighted by molar-refractivity contribution is 5.79. The second-order valence-corrected chi connectivity index (χ2v) is 4.46. The Balaban J connectivity index is 2.17. The van der Waals surface area contributed by atoms with Gasteiger partial charge in [-0.1, -0.05) is 30.3 Å². The van der Waals surface area contributed by atoms with Crippen LogP contribution >= 0.6 is 0 Å². The molecule has 1 aromatic rings. The van der Waals surface area contributed by atoms with Gasteiger partial charge in [0.25, 0.3) is 0 Å². The fourth-order valence-corrected chi connectivity index (χ4v) is 2.33. The van der Waals surface area contributed by atoms with Crippen LogP contribution in [0, 0.1) is 5.92 Å². The lowest BCUT2D eigenvalue weighted by Crippen LogP contribution is -2.33. The zero-order chi connectivity index (χ0) is 12.3. The van der Waals surface area contributed by atoms with Gasteiger partial charge in [-0.2, -0.15) is 0 Å². The van der Waals surface area contributed by atoms with Crippen molar-refractivity contribution in [2.75, 3.05) is 19.7 Å². The number of hydrogen-bond acceptors (Lipinski definition) is 3. The number of aliphatic hydroxyl groups excluding tert-OH is 1. The molecule has 17 heavy (non-hydrogen) atoms. The van der Waals surface area contributed by atoms with Crippen molar-refractivity contribution < 1.29 is 9.90 Å². The maximum Gasteiger partial charge on any atom is 0.223 e. The van der Waals surface area contributed by atoms with Crippen molar-refractivity contribution in [3.05, 3.63) is 35.9 Å². The highest BCUT2D eigenvalue weighted by Gasteiger charge is 2.33. The fraction of sp³-hybridized carbons (Fsp3) is 0.462. The predicted octanol–water partition coefficient (Wildman–Crippen LogP) is 0.527. The molecule has 0 aliphatic carbocycles. The summed E-state index contributed by atoms with van der Waals surface area (Å²) in [6, 6.07) is 9.39. The molecule has 2 atom stereocenters. The van der Waals surface area contributed by atoms with Crippen LogP contribution in [0.4, 0.5) is 0 Å². The third-order valence-electron chi connectivity index (χ3n) is 3.31. The van der Waals surface area contributed by atoms with Crippen LogP contribution in [0.25, 0.3) is 0 Å². The van der Waals surface area contributed by atoms with E-state index in [1.807, 2.05) is 30.3 Å². The summed E-state index contributed by atoms with van der Waals surface area (Å²) in [6.07, 6.45) is 0.500. The van der Waals surface area contributed by atoms with Gasteiger partial charge < -0.3 is 15.7 Å². The van der Waals surface area contributed by atoms with Gasteiger partial charge in [0.1, 0.15) is 0 Å². The minimum absolute atomic E-state index is 0.0486. The molecule has 0 bridgehead atoms. The summed E-state index contributed by atoms with van der Waals surface area (Å²) in [5, 5.41) is 9.49. The average Bonchev–Trinajstić information content (AvgIpc) is 2.73. The van der Waals surface area contributed by atoms with E-state index in [9.17, 15) is 9.90 Å². The van der Waals surface area contributed by atoms with E-state index in [1.54, 1.807) is 4.90 Å². The van der Waals surface area contributed by atoms with Gasteiger partial charge in [-0.15, -0.1) is 0 Å². The number of benzene rings is 1. The van der Waals surface area contributed by atoms with Crippen molar-refractivity contribution in [1.29, 1.82) is 0 Å². The van der Waals surface area contributed by atoms with E-state index in [0.717, 1.165) is 5.56 Å². The van der Waals surface area contributed by atoms with E-state index in [2.05, 4.69) is 0 Å². The monoisotopic (exact) mass is 234 g/mol. The van der Waals surface area contributed by atoms with Gasteiger partial charge in [0, 0.05) is 13.0 Å². The Morgan fingerprint density at radius 2 is 2.12 bits per heavy atom. The van der Waals surface area contributed by atoms with Crippen LogP contribution in [-0.4, -0.2) is 35.6 Å². The van der Waals surface area contributed by atoms with Crippen LogP contribution in [0.2, 0.25) is 0 Å². The molecule has 0 radical (unpaired) electrons. The summed E-state index contributed by atoms with van der Waals surface area (Å²) < 4.78 is 0. The van der Waals surface area contributed by atoms with Crippen molar-refractivity contribution in [1.82, 2.24) is 4.90 Å². The molecule has 3 N–H and O–H groups in total. The molecular formula is C13H18N2O2. The van der Waals surface area contributed by atoms with Gasteiger partial charge in [-0.3, -0.25) is 4.79 Å². The lowest BCUT2D eigenvalue weighted by molar-refractivity contribution is -0.130. The summed E-state index contributed by atoms with van der Waals surface area (Å²) in [6.45, 7) is 1.12. The lowest BCUT2D eigenvalue weighted by atomic mass is 10.1. The zero-order valence-electron chi connectivity index (χ0n) is 9.75. The van der Waals surface area contributed by atoms with Crippen molar-refractivity contribution >= 4 is 5.91 Å². The third kappa shape index (κ3) is 2.48. The van der Waals surface area contributed by atoms with Crippen LogP contribution in [0.15, 0.2) is 30.3 Å². The van der Waals surface area contributed by atoms with Crippen LogP contribution in [0.3, 0.4) is 0 Å². The van der Waals surface area contributed by atoms with E-state index in [-0.39, 0.29) is 24.5 Å². The SMILES string of the molecule is NCC1CC(=O)N([C@H](CO)c2ccccc2)C1. The summed E-state index contributed by atoms with van der Waals surface area (Å²) in [5.41, 5.74) is 6.57. The van der Waals surface area contributed by atoms with Crippen molar-refractivity contribution in [2.45, 2.75) is 12.5 Å². The molecule has 92 valence electrons. The topological polar surface area (TPSA) is 66.6 Å². The van der Waals surface area contributed by atoms with E-state index < -0.39 is 0 Å². The fourth-order valence-electron chi connectivity index (χ4n) is 2.33. The molecule has 1 aliphatic rings. The molecule has 1 heterocycles. The maximum atomic E-state index is 11.9. The first-order valence-electron chi connectivity index (χ1n) is 5.91. The smallest absolute Gasteiger partial charge is 0.223 e. The molecule has 1 saturated heterocycles. The molecule has 2 rings (SSSR count). The Kier molecular flexibility index (Phi) is 3.76. The summed E-state index contributed by atoms with van der Waals surface area (Å²) in [4.78, 5) is 13.6. The second kappa shape index (κ2) is 5.29. The Morgan fingerprint density at radius 1 is 1.41 bits per heavy atom. The number of aliphatic hydroxyl groups is 1. The number of likely N-dealkylation sites (tertiary alicyclic amines) is 1. The number of carbonyl (C=O) groups excluding carboxylic acids is 1. The lowest BCUT2D eigenvalue weighted by Gasteiger charge is -2.27. The normalized spacial score (nSPS) is 21.9. The number of nitrogens with zero attached hydrogens (tertiary/aromatic N) is 1. The molecule has 4 nitrogen and oxygen atoms in total. The highest BCUT2D eigenvalue weighted by Crippen LogP contribution is 2.27. The molecule has 1 fully saturated rings. The van der Waals surface area contributed by atoms with Crippen molar-refractivity contribution in [3.8, 4) is 0 Å². The third-order valence-corrected chi connectivity index (χ3v) is 3.31. The van der Waals surface area contributed by atoms with E-state index in [1.165, 1.54) is 0 Å². The largest absolute Gasteiger partial charge is 0.394 e. The molecule has 1 aliphatic heterocycles. The molecule has 1 amide bonds. The predicted molar refractivity (Wildman–Crippen MR) is 65.1 cm³/mol. The number of rotatable bonds is 4. The second-order valence-electron chi connectivity index (χ2n) is 4.46. The quantitative estimate of drug-likeness (QED) is 0.798. The first-order valence-corrected chi connectivity index (χ1v) is 5.91. The number of hydrogen-bond donors (Lipinski definition) is 2. The Hall–Kier alpha value is -1.39. The average molecular weight is 234 g/mol. The number of amides is 1. The van der Waals surface area contributed by atoms with Gasteiger partial charge in [0.2, 0.25) is 5.91 Å². The Morgan fingerprint density at radius 3 is 2.65 bits per heavy atom. The first-order chi connectivity index (χ1) is 8.26. The van der Waals surface area contributed by atoms with Crippen LogP contribution in [0.1, 0.15) is 18.0 Å². The van der Waals surface area contributed by atoms with E-state index >= 15 is 0 Å². The maximum absolute atomic E-state index is 11.9. The molecular weight excluding hydrogens is 216 g/mol. The highest BCUT2D eigenvalue weighted by atomic mass is 16.3. The van der Waals surface area contributed by atoms with Crippen molar-refractivity contribution in [2.24, 2.45) is 11.7 Å². The standard InChI is InChI=1S/C13H18N2O2/c14-7-10-6-13(17)15(8-10)12(9-16)11-4-2-1-3-5-11/h1-5,10,12,16H,6-9,14H2/t10?,12-/m1/s1. The van der Waals surface area contributed by atoms with Gasteiger partial charge >= 0.3 is 0 Å². The molecule has 4 heteroatoms. The van der Waals surface area contributed by atoms with Crippen molar-refractivity contribution in [3.63, 3.8) is 0 Å². The van der Waals surface area contributed by atoms with E-state index in [0.29, 0.717) is 19.5 Å². The summed E-state index contributed by atoms with van der Waals surface area (Å²) in [7, 11) is 0. The minimum Gasteiger partial charge on any atom is -0.394 e. The molecule has 0 saturated carbocycles. The Bertz CT molecular complexity index is 380. The summed E-state index contributed by atoms with van der Waals surface area (Å²) >= 11 is 0. The molecule has 1 aromatic carbocycles. The minimum atomic E-state index is -0.236. The van der Waals surface area contributed by atoms with Gasteiger partial charge in [-0.25, -0.2) is 0 Å². The Labute approximate surface area is 101 Å². The zero-order valence-corrected chi connectivity index (χ0v) is 9.75. The van der Waals surface area contributed by atoms with Gasteiger partial charge in [0.05, 0.1) is 12.6 Å². The molecule has 0 spiro atoms. The van der Waals surface area contributed by atoms with Gasteiger partial charge in [0.15, 0.2) is 0 Å². The molecule has 1 unspecified atom stereocenters.